The number of hydrogen-bond acceptors (Lipinski definition) is 5. The molecular formula is C17H25FN2O4. The van der Waals surface area contributed by atoms with Gasteiger partial charge in [-0.25, -0.2) is 4.39 Å². The Morgan fingerprint density at radius 1 is 1.50 bits per heavy atom. The van der Waals surface area contributed by atoms with E-state index in [9.17, 15) is 14.3 Å². The summed E-state index contributed by atoms with van der Waals surface area (Å²) in [5, 5.41) is 10.8. The number of halogens is 1. The van der Waals surface area contributed by atoms with Gasteiger partial charge in [0.25, 0.3) is 0 Å². The van der Waals surface area contributed by atoms with Crippen molar-refractivity contribution in [3.8, 4) is 5.75 Å². The van der Waals surface area contributed by atoms with Gasteiger partial charge in [0.15, 0.2) is 0 Å². The van der Waals surface area contributed by atoms with Gasteiger partial charge < -0.3 is 19.5 Å². The summed E-state index contributed by atoms with van der Waals surface area (Å²) in [5.74, 6) is -0.0630. The molecule has 0 spiro atoms. The smallest absolute Gasteiger partial charge is 0.225 e. The molecule has 6 nitrogen and oxygen atoms in total. The number of carbonyl (C=O) groups excluding carboxylic acids is 1. The van der Waals surface area contributed by atoms with Gasteiger partial charge in [0, 0.05) is 39.3 Å². The summed E-state index contributed by atoms with van der Waals surface area (Å²) in [6.07, 6.45) is -0.0368. The third-order valence-electron chi connectivity index (χ3n) is 4.10. The highest BCUT2D eigenvalue weighted by Gasteiger charge is 2.35. The molecule has 1 aliphatic heterocycles. The number of methoxy groups -OCH3 is 1. The van der Waals surface area contributed by atoms with E-state index < -0.39 is 5.60 Å². The van der Waals surface area contributed by atoms with Crippen LogP contribution in [0.1, 0.15) is 12.0 Å². The van der Waals surface area contributed by atoms with Gasteiger partial charge in [-0.05, 0) is 12.1 Å². The standard InChI is InChI=1S/C17H25FN2O4/c1-19(2)16(21)9-17(22)11-20(7-8-24-12-17)10-13-14(18)5-4-6-15(13)23-3/h4-6,22H,7-12H2,1-3H3. The molecule has 24 heavy (non-hydrogen) atoms. The third kappa shape index (κ3) is 4.66. The highest BCUT2D eigenvalue weighted by Crippen LogP contribution is 2.25. The maximum absolute atomic E-state index is 14.1. The minimum atomic E-state index is -1.30. The number of nitrogens with zero attached hydrogens (tertiary/aromatic N) is 2. The fourth-order valence-corrected chi connectivity index (χ4v) is 2.79. The molecule has 134 valence electrons. The van der Waals surface area contributed by atoms with Crippen LogP contribution in [0.3, 0.4) is 0 Å². The zero-order valence-electron chi connectivity index (χ0n) is 14.4. The fraction of sp³-hybridized carbons (Fsp3) is 0.588. The Morgan fingerprint density at radius 2 is 2.25 bits per heavy atom. The topological polar surface area (TPSA) is 62.2 Å². The minimum Gasteiger partial charge on any atom is -0.496 e. The Labute approximate surface area is 141 Å². The van der Waals surface area contributed by atoms with Crippen molar-refractivity contribution in [1.29, 1.82) is 0 Å². The number of β-amino-alcohol motifs (C(OH)–C–C–N with tert-alkyl or cyclic N) is 1. The van der Waals surface area contributed by atoms with Crippen molar-refractivity contribution in [2.24, 2.45) is 0 Å². The molecule has 1 atom stereocenters. The molecule has 1 N–H and O–H groups in total. The van der Waals surface area contributed by atoms with Crippen LogP contribution in [-0.2, 0) is 16.1 Å². The van der Waals surface area contributed by atoms with E-state index in [2.05, 4.69) is 0 Å². The van der Waals surface area contributed by atoms with Crippen LogP contribution in [0.25, 0.3) is 0 Å². The third-order valence-corrected chi connectivity index (χ3v) is 4.10. The Hall–Kier alpha value is -1.70. The van der Waals surface area contributed by atoms with Gasteiger partial charge in [-0.1, -0.05) is 6.07 Å². The monoisotopic (exact) mass is 340 g/mol. The number of hydrogen-bond donors (Lipinski definition) is 1. The highest BCUT2D eigenvalue weighted by molar-refractivity contribution is 5.76. The molecular weight excluding hydrogens is 315 g/mol. The molecule has 1 amide bonds. The van der Waals surface area contributed by atoms with Crippen molar-refractivity contribution in [1.82, 2.24) is 9.80 Å². The van der Waals surface area contributed by atoms with E-state index in [0.29, 0.717) is 24.5 Å². The van der Waals surface area contributed by atoms with Crippen LogP contribution >= 0.6 is 0 Å². The Bertz CT molecular complexity index is 582. The Morgan fingerprint density at radius 3 is 2.92 bits per heavy atom. The van der Waals surface area contributed by atoms with E-state index in [4.69, 9.17) is 9.47 Å². The molecule has 1 aliphatic rings. The van der Waals surface area contributed by atoms with E-state index >= 15 is 0 Å². The first-order chi connectivity index (χ1) is 11.3. The van der Waals surface area contributed by atoms with Gasteiger partial charge in [0.1, 0.15) is 17.2 Å². The van der Waals surface area contributed by atoms with Gasteiger partial charge in [0.05, 0.1) is 26.7 Å². The SMILES string of the molecule is COc1cccc(F)c1CN1CCOCC(O)(CC(=O)N(C)C)C1. The van der Waals surface area contributed by atoms with Crippen LogP contribution in [0.4, 0.5) is 4.39 Å². The van der Waals surface area contributed by atoms with Crippen LogP contribution in [-0.4, -0.2) is 73.9 Å². The normalized spacial score (nSPS) is 22.0. The summed E-state index contributed by atoms with van der Waals surface area (Å²) in [4.78, 5) is 15.3. The summed E-state index contributed by atoms with van der Waals surface area (Å²) < 4.78 is 24.8. The molecule has 1 fully saturated rings. The van der Waals surface area contributed by atoms with Crippen LogP contribution in [0.2, 0.25) is 0 Å². The number of ether oxygens (including phenoxy) is 2. The quantitative estimate of drug-likeness (QED) is 0.862. The predicted molar refractivity (Wildman–Crippen MR) is 87.3 cm³/mol. The first kappa shape index (κ1) is 18.6. The number of amides is 1. The second-order valence-corrected chi connectivity index (χ2v) is 6.37. The lowest BCUT2D eigenvalue weighted by Gasteiger charge is -2.31. The predicted octanol–water partition coefficient (Wildman–Crippen LogP) is 0.876. The zero-order chi connectivity index (χ0) is 17.7. The summed E-state index contributed by atoms with van der Waals surface area (Å²) in [6, 6.07) is 4.68. The first-order valence-corrected chi connectivity index (χ1v) is 7.88. The van der Waals surface area contributed by atoms with Crippen molar-refractivity contribution in [2.75, 3.05) is 47.5 Å². The van der Waals surface area contributed by atoms with Gasteiger partial charge in [-0.2, -0.15) is 0 Å². The molecule has 0 aromatic heterocycles. The maximum atomic E-state index is 14.1. The Kier molecular flexibility index (Phi) is 6.15. The molecule has 0 saturated carbocycles. The van der Waals surface area contributed by atoms with Crippen LogP contribution < -0.4 is 4.74 Å². The lowest BCUT2D eigenvalue weighted by molar-refractivity contribution is -0.136. The summed E-state index contributed by atoms with van der Waals surface area (Å²) >= 11 is 0. The Balaban J connectivity index is 2.14. The summed E-state index contributed by atoms with van der Waals surface area (Å²) in [7, 11) is 4.78. The summed E-state index contributed by atoms with van der Waals surface area (Å²) in [5.41, 5.74) is -0.862. The van der Waals surface area contributed by atoms with Crippen LogP contribution in [0.15, 0.2) is 18.2 Å². The molecule has 2 rings (SSSR count). The van der Waals surface area contributed by atoms with Crippen molar-refractivity contribution in [3.05, 3.63) is 29.6 Å². The molecule has 1 aromatic carbocycles. The lowest BCUT2D eigenvalue weighted by atomic mass is 9.99. The average molecular weight is 340 g/mol. The van der Waals surface area contributed by atoms with E-state index in [0.717, 1.165) is 0 Å². The molecule has 0 aliphatic carbocycles. The van der Waals surface area contributed by atoms with Crippen LogP contribution in [0.5, 0.6) is 5.75 Å². The van der Waals surface area contributed by atoms with Crippen molar-refractivity contribution < 1.29 is 23.8 Å². The van der Waals surface area contributed by atoms with Crippen molar-refractivity contribution in [2.45, 2.75) is 18.6 Å². The molecule has 1 unspecified atom stereocenters. The fourth-order valence-electron chi connectivity index (χ4n) is 2.79. The largest absolute Gasteiger partial charge is 0.496 e. The maximum Gasteiger partial charge on any atom is 0.225 e. The van der Waals surface area contributed by atoms with Gasteiger partial charge in [-0.15, -0.1) is 0 Å². The second kappa shape index (κ2) is 7.92. The molecule has 0 radical (unpaired) electrons. The van der Waals surface area contributed by atoms with Crippen molar-refractivity contribution >= 4 is 5.91 Å². The van der Waals surface area contributed by atoms with Crippen molar-refractivity contribution in [3.63, 3.8) is 0 Å². The number of rotatable bonds is 5. The minimum absolute atomic E-state index is 0.0368. The zero-order valence-corrected chi connectivity index (χ0v) is 14.4. The van der Waals surface area contributed by atoms with Gasteiger partial charge >= 0.3 is 0 Å². The van der Waals surface area contributed by atoms with E-state index in [1.54, 1.807) is 26.2 Å². The molecule has 1 saturated heterocycles. The van der Waals surface area contributed by atoms with Gasteiger partial charge in [-0.3, -0.25) is 9.69 Å². The van der Waals surface area contributed by atoms with E-state index in [-0.39, 0.29) is 37.8 Å². The second-order valence-electron chi connectivity index (χ2n) is 6.37. The van der Waals surface area contributed by atoms with Gasteiger partial charge in [0.2, 0.25) is 5.91 Å². The van der Waals surface area contributed by atoms with Crippen LogP contribution in [0, 0.1) is 5.82 Å². The molecule has 1 heterocycles. The van der Waals surface area contributed by atoms with E-state index in [1.807, 2.05) is 4.90 Å². The highest BCUT2D eigenvalue weighted by atomic mass is 19.1. The molecule has 1 aromatic rings. The summed E-state index contributed by atoms with van der Waals surface area (Å²) in [6.45, 7) is 1.53. The van der Waals surface area contributed by atoms with E-state index in [1.165, 1.54) is 18.1 Å². The molecule has 7 heteroatoms. The molecule has 0 bridgehead atoms. The lowest BCUT2D eigenvalue weighted by Crippen LogP contribution is -2.47. The first-order valence-electron chi connectivity index (χ1n) is 7.88. The number of aliphatic hydroxyl groups is 1. The number of benzene rings is 1. The average Bonchev–Trinajstić information content (AvgIpc) is 2.70. The number of carbonyl (C=O) groups is 1.